The Kier molecular flexibility index (Phi) is 6.71. The quantitative estimate of drug-likeness (QED) is 0.218. The van der Waals surface area contributed by atoms with E-state index in [1.54, 1.807) is 12.1 Å². The molecule has 0 amide bonds. The second kappa shape index (κ2) is 7.95. The van der Waals surface area contributed by atoms with Crippen molar-refractivity contribution >= 4 is 30.9 Å². The highest BCUT2D eigenvalue weighted by atomic mass is 32.1. The molecule has 2 aromatic carbocycles. The molecule has 0 saturated heterocycles. The fourth-order valence-electron chi connectivity index (χ4n) is 1.48. The van der Waals surface area contributed by atoms with Crippen molar-refractivity contribution in [2.45, 2.75) is 16.0 Å². The maximum absolute atomic E-state index is 12.6. The van der Waals surface area contributed by atoms with Gasteiger partial charge in [0.25, 0.3) is 5.69 Å². The summed E-state index contributed by atoms with van der Waals surface area (Å²) in [5, 5.41) is 10.1. The zero-order valence-electron chi connectivity index (χ0n) is 11.6. The number of hydrogen-bond acceptors (Lipinski definition) is 4. The summed E-state index contributed by atoms with van der Waals surface area (Å²) in [7, 11) is 0. The smallest absolute Gasteiger partial charge is 0.258 e. The zero-order chi connectivity index (χ0) is 19.5. The van der Waals surface area contributed by atoms with E-state index in [0.717, 1.165) is 0 Å². The number of nitrogens with zero attached hydrogens (tertiary/aromatic N) is 1. The number of nitro groups is 1. The maximum atomic E-state index is 12.6. The standard InChI is InChI=1S/C7HF7S.C6H5NO2S/c8-2-1(7(12,13)14)3(9)5(11)6(15)4(2)10;8-7(9)5-2-1-3-6(10)4-5/h15H;1-4,10H. The largest absolute Gasteiger partial charge is 0.422 e. The first-order valence-corrected chi connectivity index (χ1v) is 6.82. The fourth-order valence-corrected chi connectivity index (χ4v) is 1.89. The highest BCUT2D eigenvalue weighted by molar-refractivity contribution is 7.80. The molecule has 0 unspecified atom stereocenters. The Labute approximate surface area is 146 Å². The zero-order valence-corrected chi connectivity index (χ0v) is 13.4. The molecule has 0 aliphatic heterocycles. The van der Waals surface area contributed by atoms with Gasteiger partial charge in [-0.1, -0.05) is 6.07 Å². The van der Waals surface area contributed by atoms with Gasteiger partial charge in [0, 0.05) is 17.0 Å². The van der Waals surface area contributed by atoms with Crippen LogP contribution in [0.25, 0.3) is 0 Å². The lowest BCUT2D eigenvalue weighted by Crippen LogP contribution is -2.15. The summed E-state index contributed by atoms with van der Waals surface area (Å²) >= 11 is 6.94. The maximum Gasteiger partial charge on any atom is 0.422 e. The molecule has 0 atom stereocenters. The molecule has 0 bridgehead atoms. The monoisotopic (exact) mass is 405 g/mol. The molecule has 0 aliphatic carbocycles. The predicted molar refractivity (Wildman–Crippen MR) is 78.9 cm³/mol. The van der Waals surface area contributed by atoms with Gasteiger partial charge in [0.15, 0.2) is 23.3 Å². The van der Waals surface area contributed by atoms with E-state index in [4.69, 9.17) is 0 Å². The number of nitro benzene ring substituents is 1. The van der Waals surface area contributed by atoms with E-state index in [2.05, 4.69) is 25.3 Å². The lowest BCUT2D eigenvalue weighted by atomic mass is 10.1. The van der Waals surface area contributed by atoms with Crippen LogP contribution in [0.4, 0.5) is 36.4 Å². The number of rotatable bonds is 1. The number of alkyl halides is 3. The summed E-state index contributed by atoms with van der Waals surface area (Å²) in [6.07, 6.45) is -5.52. The van der Waals surface area contributed by atoms with Crippen LogP contribution in [0, 0.1) is 33.4 Å². The van der Waals surface area contributed by atoms with Crippen molar-refractivity contribution in [2.24, 2.45) is 0 Å². The van der Waals surface area contributed by atoms with Crippen LogP contribution in [0.15, 0.2) is 34.1 Å². The van der Waals surface area contributed by atoms with Crippen molar-refractivity contribution < 1.29 is 35.7 Å². The molecule has 0 heterocycles. The first-order valence-electron chi connectivity index (χ1n) is 5.93. The van der Waals surface area contributed by atoms with Crippen molar-refractivity contribution in [3.8, 4) is 0 Å². The first-order chi connectivity index (χ1) is 11.4. The molecule has 0 aliphatic rings. The number of non-ortho nitro benzene ring substituents is 1. The first kappa shape index (κ1) is 21.1. The SMILES string of the molecule is Fc1c(F)c(C(F)(F)F)c(F)c(F)c1S.O=[N+]([O-])c1cccc(S)c1. The van der Waals surface area contributed by atoms with Crippen molar-refractivity contribution in [1.82, 2.24) is 0 Å². The summed E-state index contributed by atoms with van der Waals surface area (Å²) < 4.78 is 86.4. The van der Waals surface area contributed by atoms with E-state index in [1.165, 1.54) is 12.1 Å². The Morgan fingerprint density at radius 3 is 1.72 bits per heavy atom. The summed E-state index contributed by atoms with van der Waals surface area (Å²) in [6.45, 7) is 0. The molecule has 12 heteroatoms. The average Bonchev–Trinajstić information content (AvgIpc) is 2.50. The van der Waals surface area contributed by atoms with Gasteiger partial charge in [-0.2, -0.15) is 13.2 Å². The molecule has 136 valence electrons. The molecule has 2 rings (SSSR count). The third-order valence-corrected chi connectivity index (χ3v) is 3.24. The molecule has 0 aromatic heterocycles. The van der Waals surface area contributed by atoms with Crippen LogP contribution in [0.5, 0.6) is 0 Å². The highest BCUT2D eigenvalue weighted by Gasteiger charge is 2.41. The molecule has 0 spiro atoms. The van der Waals surface area contributed by atoms with E-state index in [-0.39, 0.29) is 5.69 Å². The van der Waals surface area contributed by atoms with Gasteiger partial charge in [-0.3, -0.25) is 10.1 Å². The lowest BCUT2D eigenvalue weighted by molar-refractivity contribution is -0.385. The Balaban J connectivity index is 0.000000271. The van der Waals surface area contributed by atoms with E-state index in [0.29, 0.717) is 4.90 Å². The number of benzene rings is 2. The minimum Gasteiger partial charge on any atom is -0.258 e. The Morgan fingerprint density at radius 1 is 0.920 bits per heavy atom. The van der Waals surface area contributed by atoms with Gasteiger partial charge in [0.1, 0.15) is 5.56 Å². The summed E-state index contributed by atoms with van der Waals surface area (Å²) in [5.74, 6) is -9.37. The van der Waals surface area contributed by atoms with Crippen molar-refractivity contribution in [1.29, 1.82) is 0 Å². The van der Waals surface area contributed by atoms with Crippen LogP contribution in [0.3, 0.4) is 0 Å². The molecule has 0 N–H and O–H groups in total. The Morgan fingerprint density at radius 2 is 1.40 bits per heavy atom. The number of halogens is 7. The van der Waals surface area contributed by atoms with Gasteiger partial charge in [0.05, 0.1) is 9.82 Å². The topological polar surface area (TPSA) is 43.1 Å². The van der Waals surface area contributed by atoms with Gasteiger partial charge < -0.3 is 0 Å². The summed E-state index contributed by atoms with van der Waals surface area (Å²) in [6, 6.07) is 6.12. The fraction of sp³-hybridized carbons (Fsp3) is 0.0769. The Hall–Kier alpha value is -1.95. The molecule has 0 radical (unpaired) electrons. The molecule has 2 aromatic rings. The van der Waals surface area contributed by atoms with Gasteiger partial charge >= 0.3 is 6.18 Å². The molecular formula is C13H6F7NO2S2. The molecule has 0 fully saturated rings. The van der Waals surface area contributed by atoms with Crippen LogP contribution in [0.1, 0.15) is 5.56 Å². The van der Waals surface area contributed by atoms with Crippen molar-refractivity contribution in [3.05, 3.63) is 63.2 Å². The van der Waals surface area contributed by atoms with E-state index < -0.39 is 44.8 Å². The number of hydrogen-bond donors (Lipinski definition) is 2. The second-order valence-corrected chi connectivity index (χ2v) is 5.22. The third-order valence-electron chi connectivity index (χ3n) is 2.56. The van der Waals surface area contributed by atoms with Gasteiger partial charge in [-0.25, -0.2) is 17.6 Å². The average molecular weight is 405 g/mol. The minimum atomic E-state index is -5.52. The van der Waals surface area contributed by atoms with Crippen LogP contribution in [-0.2, 0) is 6.18 Å². The van der Waals surface area contributed by atoms with Gasteiger partial charge in [0.2, 0.25) is 0 Å². The van der Waals surface area contributed by atoms with Crippen LogP contribution >= 0.6 is 25.3 Å². The van der Waals surface area contributed by atoms with E-state index in [9.17, 15) is 40.8 Å². The van der Waals surface area contributed by atoms with Crippen LogP contribution < -0.4 is 0 Å². The lowest BCUT2D eigenvalue weighted by Gasteiger charge is -2.11. The molecule has 25 heavy (non-hydrogen) atoms. The third kappa shape index (κ3) is 5.01. The van der Waals surface area contributed by atoms with Crippen LogP contribution in [-0.4, -0.2) is 4.92 Å². The summed E-state index contributed by atoms with van der Waals surface area (Å²) in [5.41, 5.74) is -2.53. The summed E-state index contributed by atoms with van der Waals surface area (Å²) in [4.78, 5) is 8.85. The molecule has 0 saturated carbocycles. The van der Waals surface area contributed by atoms with E-state index in [1.807, 2.05) is 0 Å². The molecular weight excluding hydrogens is 399 g/mol. The van der Waals surface area contributed by atoms with Gasteiger partial charge in [-0.05, 0) is 6.07 Å². The van der Waals surface area contributed by atoms with Gasteiger partial charge in [-0.15, -0.1) is 25.3 Å². The Bertz CT molecular complexity index is 783. The second-order valence-electron chi connectivity index (χ2n) is 4.25. The normalized spacial score (nSPS) is 10.9. The van der Waals surface area contributed by atoms with Crippen LogP contribution in [0.2, 0.25) is 0 Å². The van der Waals surface area contributed by atoms with Crippen molar-refractivity contribution in [2.75, 3.05) is 0 Å². The number of thiol groups is 2. The highest BCUT2D eigenvalue weighted by Crippen LogP contribution is 2.37. The minimum absolute atomic E-state index is 0.0764. The van der Waals surface area contributed by atoms with Crippen molar-refractivity contribution in [3.63, 3.8) is 0 Å². The van der Waals surface area contributed by atoms with E-state index >= 15 is 0 Å². The molecule has 3 nitrogen and oxygen atoms in total. The predicted octanol–water partition coefficient (Wildman–Crippen LogP) is 5.43.